The van der Waals surface area contributed by atoms with E-state index in [9.17, 15) is 4.79 Å². The number of benzene rings is 3. The monoisotopic (exact) mass is 425 g/mol. The van der Waals surface area contributed by atoms with E-state index in [0.29, 0.717) is 11.8 Å². The van der Waals surface area contributed by atoms with Gasteiger partial charge >= 0.3 is 0 Å². The molecule has 1 aliphatic heterocycles. The van der Waals surface area contributed by atoms with E-state index in [0.717, 1.165) is 39.7 Å². The van der Waals surface area contributed by atoms with Crippen molar-refractivity contribution in [2.45, 2.75) is 32.2 Å². The summed E-state index contributed by atoms with van der Waals surface area (Å²) >= 11 is 0. The van der Waals surface area contributed by atoms with E-state index in [1.54, 1.807) is 0 Å². The Hall–Kier alpha value is -3.60. The number of para-hydroxylation sites is 1. The number of rotatable bonds is 5. The lowest BCUT2D eigenvalue weighted by molar-refractivity contribution is -0.118. The highest BCUT2D eigenvalue weighted by molar-refractivity contribution is 6.02. The molecule has 1 atom stereocenters. The number of anilines is 2. The second-order valence-corrected chi connectivity index (χ2v) is 8.40. The van der Waals surface area contributed by atoms with Crippen molar-refractivity contribution in [3.63, 3.8) is 0 Å². The summed E-state index contributed by atoms with van der Waals surface area (Å²) in [5, 5.41) is 6.08. The molecule has 2 heterocycles. The average Bonchev–Trinajstić information content (AvgIpc) is 2.83. The zero-order valence-corrected chi connectivity index (χ0v) is 18.3. The van der Waals surface area contributed by atoms with Crippen LogP contribution in [0.5, 0.6) is 5.75 Å². The molecule has 162 valence electrons. The summed E-state index contributed by atoms with van der Waals surface area (Å²) in [4.78, 5) is 19.9. The van der Waals surface area contributed by atoms with E-state index in [-0.39, 0.29) is 12.5 Å². The van der Waals surface area contributed by atoms with Crippen LogP contribution >= 0.6 is 0 Å². The summed E-state index contributed by atoms with van der Waals surface area (Å²) in [7, 11) is 0. The van der Waals surface area contributed by atoms with Crippen LogP contribution in [0.3, 0.4) is 0 Å². The first-order valence-electron chi connectivity index (χ1n) is 11.3. The van der Waals surface area contributed by atoms with E-state index >= 15 is 0 Å². The van der Waals surface area contributed by atoms with Gasteiger partial charge in [0.05, 0.1) is 0 Å². The smallest absolute Gasteiger partial charge is 0.262 e. The molecule has 5 heteroatoms. The summed E-state index contributed by atoms with van der Waals surface area (Å²) in [5.74, 6) is 1.40. The van der Waals surface area contributed by atoms with Gasteiger partial charge in [-0.05, 0) is 55.8 Å². The minimum absolute atomic E-state index is 0.0750. The van der Waals surface area contributed by atoms with Crippen LogP contribution in [0.2, 0.25) is 0 Å². The number of aromatic nitrogens is 1. The van der Waals surface area contributed by atoms with E-state index < -0.39 is 0 Å². The van der Waals surface area contributed by atoms with Crippen molar-refractivity contribution >= 4 is 39.1 Å². The molecular formula is C27H27N3O2. The van der Waals surface area contributed by atoms with Gasteiger partial charge in [0.1, 0.15) is 17.1 Å². The fourth-order valence-electron chi connectivity index (χ4n) is 4.49. The second-order valence-electron chi connectivity index (χ2n) is 8.40. The van der Waals surface area contributed by atoms with Crippen molar-refractivity contribution in [3.8, 4) is 5.75 Å². The Labute approximate surface area is 188 Å². The number of carbonyl (C=O) groups is 1. The van der Waals surface area contributed by atoms with Gasteiger partial charge in [0.2, 0.25) is 0 Å². The van der Waals surface area contributed by atoms with Crippen LogP contribution in [0.25, 0.3) is 21.7 Å². The zero-order valence-electron chi connectivity index (χ0n) is 18.3. The van der Waals surface area contributed by atoms with Crippen LogP contribution in [0, 0.1) is 0 Å². The summed E-state index contributed by atoms with van der Waals surface area (Å²) < 4.78 is 5.94. The van der Waals surface area contributed by atoms with E-state index in [4.69, 9.17) is 9.72 Å². The minimum atomic E-state index is -0.195. The van der Waals surface area contributed by atoms with Gasteiger partial charge in [0.25, 0.3) is 5.91 Å². The third kappa shape index (κ3) is 4.11. The maximum Gasteiger partial charge on any atom is 0.262 e. The lowest BCUT2D eigenvalue weighted by atomic mass is 10.0. The first-order valence-corrected chi connectivity index (χ1v) is 11.3. The van der Waals surface area contributed by atoms with Crippen molar-refractivity contribution in [2.75, 3.05) is 23.4 Å². The predicted molar refractivity (Wildman–Crippen MR) is 130 cm³/mol. The predicted octanol–water partition coefficient (Wildman–Crippen LogP) is 5.78. The quantitative estimate of drug-likeness (QED) is 0.440. The molecule has 0 spiro atoms. The molecule has 1 amide bonds. The van der Waals surface area contributed by atoms with E-state index in [1.807, 2.05) is 60.7 Å². The molecule has 32 heavy (non-hydrogen) atoms. The van der Waals surface area contributed by atoms with Crippen molar-refractivity contribution in [2.24, 2.45) is 0 Å². The summed E-state index contributed by atoms with van der Waals surface area (Å²) in [6.45, 7) is 3.20. The fourth-order valence-corrected chi connectivity index (χ4v) is 4.49. The molecule has 0 bridgehead atoms. The Morgan fingerprint density at radius 3 is 2.72 bits per heavy atom. The molecule has 5 rings (SSSR count). The number of amides is 1. The largest absolute Gasteiger partial charge is 0.481 e. The molecule has 5 nitrogen and oxygen atoms in total. The lowest BCUT2D eigenvalue weighted by Crippen LogP contribution is -2.37. The van der Waals surface area contributed by atoms with Gasteiger partial charge in [0, 0.05) is 29.0 Å². The Balaban J connectivity index is 1.34. The third-order valence-electron chi connectivity index (χ3n) is 6.19. The highest BCUT2D eigenvalue weighted by Crippen LogP contribution is 2.29. The minimum Gasteiger partial charge on any atom is -0.481 e. The SMILES string of the molecule is CC1CCCCN1c1ccc2cccc(OCC(=O)Nc3cccc4ccccc34)c2n1. The van der Waals surface area contributed by atoms with E-state index in [1.165, 1.54) is 19.3 Å². The van der Waals surface area contributed by atoms with Gasteiger partial charge in [-0.25, -0.2) is 4.98 Å². The summed E-state index contributed by atoms with van der Waals surface area (Å²) in [6.07, 6.45) is 3.65. The van der Waals surface area contributed by atoms with Crippen molar-refractivity contribution in [3.05, 3.63) is 72.8 Å². The molecule has 1 unspecified atom stereocenters. The van der Waals surface area contributed by atoms with Crippen LogP contribution in [-0.2, 0) is 4.79 Å². The molecule has 1 N–H and O–H groups in total. The number of hydrogen-bond donors (Lipinski definition) is 1. The number of nitrogens with one attached hydrogen (secondary N) is 1. The maximum atomic E-state index is 12.7. The standard InChI is InChI=1S/C27H27N3O2/c1-19-8-4-5-17-30(19)25-16-15-21-11-7-14-24(27(21)29-25)32-18-26(31)28-23-13-6-10-20-9-2-3-12-22(20)23/h2-3,6-7,9-16,19H,4-5,8,17-18H2,1H3,(H,28,31). The fraction of sp³-hybridized carbons (Fsp3) is 0.259. The normalized spacial score (nSPS) is 16.3. The highest BCUT2D eigenvalue weighted by Gasteiger charge is 2.20. The van der Waals surface area contributed by atoms with Crippen LogP contribution in [-0.4, -0.2) is 30.1 Å². The number of piperidine rings is 1. The Morgan fingerprint density at radius 1 is 1.00 bits per heavy atom. The Bertz CT molecular complexity index is 1260. The van der Waals surface area contributed by atoms with Gasteiger partial charge < -0.3 is 15.0 Å². The lowest BCUT2D eigenvalue weighted by Gasteiger charge is -2.34. The third-order valence-corrected chi connectivity index (χ3v) is 6.19. The molecule has 0 aliphatic carbocycles. The van der Waals surface area contributed by atoms with Gasteiger partial charge in [-0.15, -0.1) is 0 Å². The van der Waals surface area contributed by atoms with Crippen molar-refractivity contribution in [1.82, 2.24) is 4.98 Å². The second kappa shape index (κ2) is 8.87. The summed E-state index contributed by atoms with van der Waals surface area (Å²) in [5.41, 5.74) is 1.58. The first kappa shape index (κ1) is 20.3. The van der Waals surface area contributed by atoms with Gasteiger partial charge in [0.15, 0.2) is 6.61 Å². The molecule has 1 saturated heterocycles. The first-order chi connectivity index (χ1) is 15.7. The molecular weight excluding hydrogens is 398 g/mol. The molecule has 1 fully saturated rings. The zero-order chi connectivity index (χ0) is 21.9. The number of nitrogens with zero attached hydrogens (tertiary/aromatic N) is 2. The number of fused-ring (bicyclic) bond motifs is 2. The molecule has 1 aromatic heterocycles. The molecule has 0 saturated carbocycles. The Kier molecular flexibility index (Phi) is 5.63. The average molecular weight is 426 g/mol. The Morgan fingerprint density at radius 2 is 1.81 bits per heavy atom. The van der Waals surface area contributed by atoms with Crippen LogP contribution in [0.15, 0.2) is 72.8 Å². The molecule has 1 aliphatic rings. The van der Waals surface area contributed by atoms with Crippen LogP contribution in [0.1, 0.15) is 26.2 Å². The molecule has 3 aromatic carbocycles. The highest BCUT2D eigenvalue weighted by atomic mass is 16.5. The van der Waals surface area contributed by atoms with Crippen LogP contribution in [0.4, 0.5) is 11.5 Å². The van der Waals surface area contributed by atoms with Crippen molar-refractivity contribution < 1.29 is 9.53 Å². The molecule has 0 radical (unpaired) electrons. The summed E-state index contributed by atoms with van der Waals surface area (Å²) in [6, 6.07) is 24.4. The number of hydrogen-bond acceptors (Lipinski definition) is 4. The molecule has 4 aromatic rings. The number of pyridine rings is 1. The maximum absolute atomic E-state index is 12.7. The number of carbonyl (C=O) groups excluding carboxylic acids is 1. The van der Waals surface area contributed by atoms with Gasteiger partial charge in [-0.3, -0.25) is 4.79 Å². The topological polar surface area (TPSA) is 54.5 Å². The van der Waals surface area contributed by atoms with Crippen molar-refractivity contribution in [1.29, 1.82) is 0 Å². The van der Waals surface area contributed by atoms with E-state index in [2.05, 4.69) is 29.3 Å². The number of ether oxygens (including phenoxy) is 1. The van der Waals surface area contributed by atoms with Crippen LogP contribution < -0.4 is 15.0 Å². The van der Waals surface area contributed by atoms with Gasteiger partial charge in [-0.2, -0.15) is 0 Å². The van der Waals surface area contributed by atoms with Gasteiger partial charge in [-0.1, -0.05) is 48.5 Å².